The van der Waals surface area contributed by atoms with Crippen molar-refractivity contribution in [3.05, 3.63) is 29.8 Å². The van der Waals surface area contributed by atoms with Crippen molar-refractivity contribution in [2.24, 2.45) is 4.99 Å². The second-order valence-electron chi connectivity index (χ2n) is 6.43. The minimum absolute atomic E-state index is 0.359. The molecule has 0 aromatic heterocycles. The van der Waals surface area contributed by atoms with E-state index in [0.29, 0.717) is 24.5 Å². The minimum atomic E-state index is -3.35. The van der Waals surface area contributed by atoms with Crippen LogP contribution < -0.4 is 10.6 Å². The van der Waals surface area contributed by atoms with Crippen molar-refractivity contribution in [3.8, 4) is 0 Å². The van der Waals surface area contributed by atoms with Gasteiger partial charge in [-0.3, -0.25) is 0 Å². The van der Waals surface area contributed by atoms with E-state index in [4.69, 9.17) is 4.74 Å². The number of hydrogen-bond acceptors (Lipinski definition) is 4. The van der Waals surface area contributed by atoms with Crippen LogP contribution in [-0.2, 0) is 21.3 Å². The number of sulfonamides is 1. The second kappa shape index (κ2) is 11.3. The van der Waals surface area contributed by atoms with Crippen LogP contribution in [0.25, 0.3) is 0 Å². The van der Waals surface area contributed by atoms with Crippen LogP contribution >= 0.6 is 0 Å². The fourth-order valence-corrected chi connectivity index (χ4v) is 4.40. The Bertz CT molecular complexity index is 683. The Morgan fingerprint density at radius 1 is 1.15 bits per heavy atom. The Balaban J connectivity index is 1.92. The highest BCUT2D eigenvalue weighted by atomic mass is 32.2. The molecular weight excluding hydrogens is 364 g/mol. The standard InChI is InChI=1S/C19H32N4O3S/c1-3-20-19(21-12-7-15-26-4-2)22-16-17-8-10-18(11-9-17)27(24,25)23-13-5-6-14-23/h8-11H,3-7,12-16H2,1-2H3,(H2,20,21,22). The molecule has 0 aliphatic carbocycles. The van der Waals surface area contributed by atoms with E-state index in [-0.39, 0.29) is 0 Å². The molecule has 0 radical (unpaired) electrons. The van der Waals surface area contributed by atoms with Gasteiger partial charge in [0.1, 0.15) is 0 Å². The molecule has 1 aliphatic rings. The summed E-state index contributed by atoms with van der Waals surface area (Å²) in [5.74, 6) is 0.753. The van der Waals surface area contributed by atoms with Crippen LogP contribution in [0.4, 0.5) is 0 Å². The molecule has 0 amide bonds. The highest BCUT2D eigenvalue weighted by Gasteiger charge is 2.26. The number of benzene rings is 1. The maximum absolute atomic E-state index is 12.6. The van der Waals surface area contributed by atoms with E-state index in [9.17, 15) is 8.42 Å². The number of hydrogen-bond donors (Lipinski definition) is 2. The van der Waals surface area contributed by atoms with Crippen molar-refractivity contribution in [1.29, 1.82) is 0 Å². The fourth-order valence-electron chi connectivity index (χ4n) is 2.88. The highest BCUT2D eigenvalue weighted by Crippen LogP contribution is 2.21. The maximum atomic E-state index is 12.6. The maximum Gasteiger partial charge on any atom is 0.243 e. The number of nitrogens with zero attached hydrogens (tertiary/aromatic N) is 2. The average Bonchev–Trinajstić information content (AvgIpc) is 3.22. The van der Waals surface area contributed by atoms with E-state index in [0.717, 1.165) is 57.1 Å². The molecule has 1 saturated heterocycles. The lowest BCUT2D eigenvalue weighted by atomic mass is 10.2. The smallest absolute Gasteiger partial charge is 0.243 e. The van der Waals surface area contributed by atoms with Gasteiger partial charge in [-0.1, -0.05) is 12.1 Å². The average molecular weight is 397 g/mol. The van der Waals surface area contributed by atoms with E-state index in [2.05, 4.69) is 15.6 Å². The number of rotatable bonds is 10. The van der Waals surface area contributed by atoms with Gasteiger partial charge >= 0.3 is 0 Å². The molecule has 1 aromatic carbocycles. The topological polar surface area (TPSA) is 83.0 Å². The first-order chi connectivity index (χ1) is 13.1. The van der Waals surface area contributed by atoms with Gasteiger partial charge < -0.3 is 15.4 Å². The summed E-state index contributed by atoms with van der Waals surface area (Å²) in [6.45, 7) is 8.78. The Hall–Kier alpha value is -1.64. The van der Waals surface area contributed by atoms with Crippen molar-refractivity contribution in [2.75, 3.05) is 39.4 Å². The normalized spacial score (nSPS) is 15.9. The van der Waals surface area contributed by atoms with Crippen LogP contribution in [0, 0.1) is 0 Å². The summed E-state index contributed by atoms with van der Waals surface area (Å²) in [6, 6.07) is 7.04. The summed E-state index contributed by atoms with van der Waals surface area (Å²) in [4.78, 5) is 4.92. The molecule has 0 bridgehead atoms. The number of ether oxygens (including phenoxy) is 1. The van der Waals surface area contributed by atoms with Gasteiger partial charge in [-0.25, -0.2) is 13.4 Å². The van der Waals surface area contributed by atoms with Gasteiger partial charge in [-0.05, 0) is 50.8 Å². The molecule has 27 heavy (non-hydrogen) atoms. The second-order valence-corrected chi connectivity index (χ2v) is 8.37. The van der Waals surface area contributed by atoms with Crippen LogP contribution in [0.2, 0.25) is 0 Å². The third kappa shape index (κ3) is 6.79. The number of guanidine groups is 1. The molecule has 2 N–H and O–H groups in total. The summed E-state index contributed by atoms with van der Waals surface area (Å²) < 4.78 is 32.0. The van der Waals surface area contributed by atoms with Gasteiger partial charge in [0.15, 0.2) is 5.96 Å². The van der Waals surface area contributed by atoms with Crippen molar-refractivity contribution in [3.63, 3.8) is 0 Å². The summed E-state index contributed by atoms with van der Waals surface area (Å²) in [7, 11) is -3.35. The van der Waals surface area contributed by atoms with E-state index in [1.54, 1.807) is 16.4 Å². The first kappa shape index (κ1) is 21.7. The third-order valence-electron chi connectivity index (χ3n) is 4.35. The third-order valence-corrected chi connectivity index (χ3v) is 6.27. The Labute approximate surface area is 163 Å². The molecule has 1 aliphatic heterocycles. The van der Waals surface area contributed by atoms with Crippen molar-refractivity contribution < 1.29 is 13.2 Å². The fraction of sp³-hybridized carbons (Fsp3) is 0.632. The molecule has 2 rings (SSSR count). The van der Waals surface area contributed by atoms with Crippen LogP contribution in [0.15, 0.2) is 34.2 Å². The summed E-state index contributed by atoms with van der Waals surface area (Å²) >= 11 is 0. The van der Waals surface area contributed by atoms with Crippen LogP contribution in [-0.4, -0.2) is 58.1 Å². The van der Waals surface area contributed by atoms with Crippen molar-refractivity contribution in [1.82, 2.24) is 14.9 Å². The molecular formula is C19H32N4O3S. The molecule has 0 spiro atoms. The molecule has 7 nitrogen and oxygen atoms in total. The van der Waals surface area contributed by atoms with Crippen LogP contribution in [0.5, 0.6) is 0 Å². The molecule has 1 fully saturated rings. The largest absolute Gasteiger partial charge is 0.382 e. The molecule has 152 valence electrons. The minimum Gasteiger partial charge on any atom is -0.382 e. The highest BCUT2D eigenvalue weighted by molar-refractivity contribution is 7.89. The summed E-state index contributed by atoms with van der Waals surface area (Å²) in [6.07, 6.45) is 2.80. The zero-order valence-electron chi connectivity index (χ0n) is 16.4. The molecule has 1 aromatic rings. The predicted octanol–water partition coefficient (Wildman–Crippen LogP) is 1.95. The lowest BCUT2D eigenvalue weighted by Gasteiger charge is -2.15. The zero-order valence-corrected chi connectivity index (χ0v) is 17.2. The van der Waals surface area contributed by atoms with Crippen LogP contribution in [0.1, 0.15) is 38.7 Å². The number of nitrogens with one attached hydrogen (secondary N) is 2. The van der Waals surface area contributed by atoms with Gasteiger partial charge in [-0.2, -0.15) is 4.31 Å². The summed E-state index contributed by atoms with van der Waals surface area (Å²) in [5.41, 5.74) is 0.974. The monoisotopic (exact) mass is 396 g/mol. The van der Waals surface area contributed by atoms with Gasteiger partial charge in [0.05, 0.1) is 11.4 Å². The van der Waals surface area contributed by atoms with Crippen molar-refractivity contribution in [2.45, 2.75) is 44.6 Å². The van der Waals surface area contributed by atoms with Gasteiger partial charge in [-0.15, -0.1) is 0 Å². The van der Waals surface area contributed by atoms with E-state index in [1.165, 1.54) is 0 Å². The van der Waals surface area contributed by atoms with Crippen molar-refractivity contribution >= 4 is 16.0 Å². The van der Waals surface area contributed by atoms with E-state index >= 15 is 0 Å². The first-order valence-electron chi connectivity index (χ1n) is 9.77. The zero-order chi connectivity index (χ0) is 19.5. The molecule has 0 saturated carbocycles. The first-order valence-corrected chi connectivity index (χ1v) is 11.2. The lowest BCUT2D eigenvalue weighted by molar-refractivity contribution is 0.145. The SMILES string of the molecule is CCNC(=NCc1ccc(S(=O)(=O)N2CCCC2)cc1)NCCCOCC. The van der Waals surface area contributed by atoms with E-state index < -0.39 is 10.0 Å². The lowest BCUT2D eigenvalue weighted by Crippen LogP contribution is -2.38. The summed E-state index contributed by atoms with van der Waals surface area (Å²) in [5, 5.41) is 6.49. The number of aliphatic imine (C=N–C) groups is 1. The quantitative estimate of drug-likeness (QED) is 0.359. The molecule has 8 heteroatoms. The van der Waals surface area contributed by atoms with Gasteiger partial charge in [0.2, 0.25) is 10.0 Å². The molecule has 0 atom stereocenters. The Morgan fingerprint density at radius 2 is 1.85 bits per heavy atom. The van der Waals surface area contributed by atoms with Gasteiger partial charge in [0.25, 0.3) is 0 Å². The molecule has 0 unspecified atom stereocenters. The predicted molar refractivity (Wildman–Crippen MR) is 108 cm³/mol. The van der Waals surface area contributed by atoms with E-state index in [1.807, 2.05) is 26.0 Å². The van der Waals surface area contributed by atoms with Crippen LogP contribution in [0.3, 0.4) is 0 Å². The Kier molecular flexibility index (Phi) is 9.03. The Morgan fingerprint density at radius 3 is 2.48 bits per heavy atom. The molecule has 1 heterocycles. The van der Waals surface area contributed by atoms with Gasteiger partial charge in [0, 0.05) is 39.4 Å².